The number of benzene rings is 2. The lowest BCUT2D eigenvalue weighted by molar-refractivity contribution is 0.102. The molecule has 1 aliphatic rings. The zero-order valence-corrected chi connectivity index (χ0v) is 16.4. The number of nitrogens with one attached hydrogen (secondary N) is 1. The van der Waals surface area contributed by atoms with Crippen LogP contribution in [0.3, 0.4) is 0 Å². The molecule has 4 rings (SSSR count). The molecule has 0 atom stereocenters. The first kappa shape index (κ1) is 18.6. The monoisotopic (exact) mass is 416 g/mol. The first-order valence-corrected chi connectivity index (χ1v) is 11.0. The van der Waals surface area contributed by atoms with Crippen LogP contribution in [-0.2, 0) is 16.4 Å². The second-order valence-electron chi connectivity index (χ2n) is 6.39. The molecule has 144 valence electrons. The predicted octanol–water partition coefficient (Wildman–Crippen LogP) is 4.28. The summed E-state index contributed by atoms with van der Waals surface area (Å²) in [5.74, 6) is -1.19. The van der Waals surface area contributed by atoms with Gasteiger partial charge in [0.25, 0.3) is 15.9 Å². The molecule has 2 aromatic carbocycles. The molecule has 0 aliphatic carbocycles. The number of nitrogens with zero attached hydrogens (tertiary/aromatic N) is 1. The maximum atomic E-state index is 13.8. The highest BCUT2D eigenvalue weighted by Gasteiger charge is 2.30. The van der Waals surface area contributed by atoms with Gasteiger partial charge in [-0.15, -0.1) is 11.3 Å². The Kier molecular flexibility index (Phi) is 4.91. The molecule has 5 nitrogen and oxygen atoms in total. The van der Waals surface area contributed by atoms with Gasteiger partial charge in [-0.1, -0.05) is 24.3 Å². The largest absolute Gasteiger partial charge is 0.322 e. The van der Waals surface area contributed by atoms with Crippen LogP contribution in [0.5, 0.6) is 0 Å². The Morgan fingerprint density at radius 1 is 1.11 bits per heavy atom. The number of anilines is 2. The number of sulfonamides is 1. The van der Waals surface area contributed by atoms with E-state index in [1.54, 1.807) is 35.7 Å². The molecule has 3 aromatic rings. The number of rotatable bonds is 4. The third kappa shape index (κ3) is 3.41. The highest BCUT2D eigenvalue weighted by Crippen LogP contribution is 2.35. The number of carbonyl (C=O) groups is 1. The van der Waals surface area contributed by atoms with E-state index in [4.69, 9.17) is 0 Å². The van der Waals surface area contributed by atoms with E-state index in [2.05, 4.69) is 5.32 Å². The molecule has 8 heteroatoms. The smallest absolute Gasteiger partial charge is 0.273 e. The standard InChI is InChI=1S/C20H17FN2O3S2/c21-17-7-2-1-6-16(17)20(24)22-15-10-9-14-5-3-11-23(18(14)13-15)28(25,26)19-8-4-12-27-19/h1-2,4,6-10,12-13H,3,5,11H2,(H,22,24). The van der Waals surface area contributed by atoms with Gasteiger partial charge in [0.2, 0.25) is 0 Å². The maximum Gasteiger partial charge on any atom is 0.273 e. The minimum atomic E-state index is -3.66. The van der Waals surface area contributed by atoms with Crippen LogP contribution >= 0.6 is 11.3 Å². The van der Waals surface area contributed by atoms with Gasteiger partial charge >= 0.3 is 0 Å². The summed E-state index contributed by atoms with van der Waals surface area (Å²) in [7, 11) is -3.66. The number of fused-ring (bicyclic) bond motifs is 1. The van der Waals surface area contributed by atoms with E-state index >= 15 is 0 Å². The molecule has 0 spiro atoms. The molecular formula is C20H17FN2O3S2. The van der Waals surface area contributed by atoms with Crippen molar-refractivity contribution in [3.63, 3.8) is 0 Å². The average Bonchev–Trinajstić information content (AvgIpc) is 3.23. The molecule has 0 radical (unpaired) electrons. The van der Waals surface area contributed by atoms with E-state index in [0.29, 0.717) is 17.9 Å². The van der Waals surface area contributed by atoms with Crippen molar-refractivity contribution in [2.45, 2.75) is 17.1 Å². The van der Waals surface area contributed by atoms with Gasteiger partial charge in [0, 0.05) is 12.2 Å². The third-order valence-electron chi connectivity index (χ3n) is 4.58. The maximum absolute atomic E-state index is 13.8. The number of thiophene rings is 1. The number of amides is 1. The van der Waals surface area contributed by atoms with E-state index in [-0.39, 0.29) is 9.77 Å². The summed E-state index contributed by atoms with van der Waals surface area (Å²) in [6.07, 6.45) is 1.48. The normalized spacial score (nSPS) is 13.8. The molecule has 1 aromatic heterocycles. The highest BCUT2D eigenvalue weighted by molar-refractivity contribution is 7.94. The topological polar surface area (TPSA) is 66.5 Å². The second kappa shape index (κ2) is 7.37. The van der Waals surface area contributed by atoms with Crippen LogP contribution in [0.25, 0.3) is 0 Å². The fourth-order valence-corrected chi connectivity index (χ4v) is 5.87. The molecule has 2 heterocycles. The minimum absolute atomic E-state index is 0.0664. The molecular weight excluding hydrogens is 399 g/mol. The van der Waals surface area contributed by atoms with Crippen LogP contribution in [0.15, 0.2) is 64.2 Å². The predicted molar refractivity (Wildman–Crippen MR) is 108 cm³/mol. The molecule has 1 aliphatic heterocycles. The Hall–Kier alpha value is -2.71. The van der Waals surface area contributed by atoms with Crippen molar-refractivity contribution in [3.8, 4) is 0 Å². The van der Waals surface area contributed by atoms with Crippen LogP contribution in [0.2, 0.25) is 0 Å². The van der Waals surface area contributed by atoms with Crippen molar-refractivity contribution < 1.29 is 17.6 Å². The fourth-order valence-electron chi connectivity index (χ4n) is 3.23. The molecule has 28 heavy (non-hydrogen) atoms. The van der Waals surface area contributed by atoms with Crippen molar-refractivity contribution in [2.75, 3.05) is 16.2 Å². The Bertz CT molecular complexity index is 1130. The van der Waals surface area contributed by atoms with Crippen molar-refractivity contribution in [1.29, 1.82) is 0 Å². The minimum Gasteiger partial charge on any atom is -0.322 e. The highest BCUT2D eigenvalue weighted by atomic mass is 32.2. The third-order valence-corrected chi connectivity index (χ3v) is 7.76. The molecule has 0 saturated carbocycles. The van der Waals surface area contributed by atoms with Crippen molar-refractivity contribution in [1.82, 2.24) is 0 Å². The number of hydrogen-bond donors (Lipinski definition) is 1. The van der Waals surface area contributed by atoms with Gasteiger partial charge in [-0.3, -0.25) is 9.10 Å². The van der Waals surface area contributed by atoms with Gasteiger partial charge in [0.05, 0.1) is 11.3 Å². The van der Waals surface area contributed by atoms with E-state index < -0.39 is 21.7 Å². The first-order valence-electron chi connectivity index (χ1n) is 8.72. The summed E-state index contributed by atoms with van der Waals surface area (Å²) in [4.78, 5) is 12.4. The van der Waals surface area contributed by atoms with Crippen LogP contribution < -0.4 is 9.62 Å². The van der Waals surface area contributed by atoms with Gasteiger partial charge in [0.15, 0.2) is 0 Å². The van der Waals surface area contributed by atoms with Crippen LogP contribution in [0, 0.1) is 5.82 Å². The summed E-state index contributed by atoms with van der Waals surface area (Å²) < 4.78 is 41.5. The summed E-state index contributed by atoms with van der Waals surface area (Å²) in [5.41, 5.74) is 1.80. The SMILES string of the molecule is O=C(Nc1ccc2c(c1)N(S(=O)(=O)c1cccs1)CCC2)c1ccccc1F. The van der Waals surface area contributed by atoms with Gasteiger partial charge in [-0.25, -0.2) is 12.8 Å². The van der Waals surface area contributed by atoms with E-state index in [9.17, 15) is 17.6 Å². The average molecular weight is 416 g/mol. The molecule has 0 unspecified atom stereocenters. The second-order valence-corrected chi connectivity index (χ2v) is 9.43. The quantitative estimate of drug-likeness (QED) is 0.690. The molecule has 0 bridgehead atoms. The lowest BCUT2D eigenvalue weighted by Crippen LogP contribution is -2.35. The number of hydrogen-bond acceptors (Lipinski definition) is 4. The number of carbonyl (C=O) groups excluding carboxylic acids is 1. The first-order chi connectivity index (χ1) is 13.5. The Morgan fingerprint density at radius 2 is 1.93 bits per heavy atom. The van der Waals surface area contributed by atoms with E-state index in [1.165, 1.54) is 33.8 Å². The van der Waals surface area contributed by atoms with Crippen molar-refractivity contribution >= 4 is 38.6 Å². The summed E-state index contributed by atoms with van der Waals surface area (Å²) >= 11 is 1.17. The van der Waals surface area contributed by atoms with E-state index in [0.717, 1.165) is 18.4 Å². The van der Waals surface area contributed by atoms with Gasteiger partial charge in [-0.05, 0) is 54.1 Å². The Balaban J connectivity index is 1.67. The Labute approximate surface area is 166 Å². The van der Waals surface area contributed by atoms with Crippen molar-refractivity contribution in [2.24, 2.45) is 0 Å². The van der Waals surface area contributed by atoms with Crippen molar-refractivity contribution in [3.05, 3.63) is 76.9 Å². The van der Waals surface area contributed by atoms with Gasteiger partial charge in [-0.2, -0.15) is 0 Å². The van der Waals surface area contributed by atoms with Crippen LogP contribution in [-0.4, -0.2) is 20.9 Å². The lowest BCUT2D eigenvalue weighted by Gasteiger charge is -2.30. The molecule has 1 N–H and O–H groups in total. The zero-order chi connectivity index (χ0) is 19.7. The molecule has 0 fully saturated rings. The molecule has 1 amide bonds. The van der Waals surface area contributed by atoms with Crippen LogP contribution in [0.1, 0.15) is 22.3 Å². The Morgan fingerprint density at radius 3 is 2.68 bits per heavy atom. The van der Waals surface area contributed by atoms with Gasteiger partial charge < -0.3 is 5.32 Å². The van der Waals surface area contributed by atoms with Crippen LogP contribution in [0.4, 0.5) is 15.8 Å². The summed E-state index contributed by atoms with van der Waals surface area (Å²) in [6, 6.07) is 14.2. The lowest BCUT2D eigenvalue weighted by atomic mass is 10.0. The summed E-state index contributed by atoms with van der Waals surface area (Å²) in [5, 5.41) is 4.38. The van der Waals surface area contributed by atoms with E-state index in [1.807, 2.05) is 6.07 Å². The fraction of sp³-hybridized carbons (Fsp3) is 0.150. The van der Waals surface area contributed by atoms with Gasteiger partial charge in [0.1, 0.15) is 10.0 Å². The summed E-state index contributed by atoms with van der Waals surface area (Å²) in [6.45, 7) is 0.373. The number of aryl methyl sites for hydroxylation is 1. The number of halogens is 1. The molecule has 0 saturated heterocycles. The zero-order valence-electron chi connectivity index (χ0n) is 14.8.